The Bertz CT molecular complexity index is 929. The van der Waals surface area contributed by atoms with Crippen molar-refractivity contribution in [2.24, 2.45) is 0 Å². The van der Waals surface area contributed by atoms with Crippen LogP contribution in [0.5, 0.6) is 0 Å². The lowest BCUT2D eigenvalue weighted by molar-refractivity contribution is 1.36. The number of rotatable bonds is 3. The van der Waals surface area contributed by atoms with E-state index in [2.05, 4.69) is 115 Å². The average Bonchev–Trinajstić information content (AvgIpc) is 2.67. The van der Waals surface area contributed by atoms with Crippen LogP contribution in [0.25, 0.3) is 6.08 Å². The molecule has 0 saturated carbocycles. The molecule has 0 bridgehead atoms. The van der Waals surface area contributed by atoms with Gasteiger partial charge in [0.05, 0.1) is 8.07 Å². The van der Waals surface area contributed by atoms with E-state index < -0.39 is 8.07 Å². The Labute approximate surface area is 158 Å². The van der Waals surface area contributed by atoms with Crippen LogP contribution in [0.15, 0.2) is 84.8 Å². The summed E-state index contributed by atoms with van der Waals surface area (Å²) in [7, 11) is -1.33. The van der Waals surface area contributed by atoms with E-state index in [4.69, 9.17) is 0 Å². The van der Waals surface area contributed by atoms with Crippen molar-refractivity contribution < 1.29 is 0 Å². The first kappa shape index (κ1) is 16.9. The molecule has 0 atom stereocenters. The first-order chi connectivity index (χ1) is 12.5. The van der Waals surface area contributed by atoms with Crippen molar-refractivity contribution in [2.45, 2.75) is 19.6 Å². The molecule has 0 aliphatic carbocycles. The van der Waals surface area contributed by atoms with Crippen molar-refractivity contribution in [1.82, 2.24) is 0 Å². The van der Waals surface area contributed by atoms with Crippen molar-refractivity contribution in [3.63, 3.8) is 0 Å². The van der Waals surface area contributed by atoms with Crippen LogP contribution in [0.4, 0.5) is 11.4 Å². The number of benzene rings is 3. The van der Waals surface area contributed by atoms with Crippen LogP contribution < -0.4 is 15.5 Å². The van der Waals surface area contributed by atoms with Crippen molar-refractivity contribution in [2.75, 3.05) is 4.81 Å². The van der Waals surface area contributed by atoms with Gasteiger partial charge in [-0.2, -0.15) is 0 Å². The number of hydrogen-bond donors (Lipinski definition) is 0. The Hall–Kier alpha value is -2.52. The highest BCUT2D eigenvalue weighted by Crippen LogP contribution is 2.34. The highest BCUT2D eigenvalue weighted by Gasteiger charge is 2.30. The summed E-state index contributed by atoms with van der Waals surface area (Å²) in [5, 5.41) is 1.51. The zero-order valence-electron chi connectivity index (χ0n) is 15.7. The van der Waals surface area contributed by atoms with Gasteiger partial charge in [0.25, 0.3) is 0 Å². The molecule has 1 heterocycles. The molecule has 1 nitrogen and oxygen atoms in total. The van der Waals surface area contributed by atoms with Crippen LogP contribution in [0.3, 0.4) is 0 Å². The first-order valence-electron chi connectivity index (χ1n) is 9.26. The molecule has 1 aliphatic heterocycles. The van der Waals surface area contributed by atoms with Crippen LogP contribution in [0, 0.1) is 0 Å². The van der Waals surface area contributed by atoms with Crippen molar-refractivity contribution >= 4 is 43.0 Å². The molecule has 1 aliphatic rings. The Morgan fingerprint density at radius 1 is 0.769 bits per heavy atom. The summed E-state index contributed by atoms with van der Waals surface area (Å²) in [6.07, 6.45) is 2.30. The highest BCUT2D eigenvalue weighted by molar-refractivity contribution is 6.88. The highest BCUT2D eigenvalue weighted by atomic mass is 28.3. The second kappa shape index (κ2) is 6.66. The van der Waals surface area contributed by atoms with E-state index in [-0.39, 0.29) is 6.85 Å². The minimum Gasteiger partial charge on any atom is -0.377 e. The molecule has 0 fully saturated rings. The fourth-order valence-corrected chi connectivity index (χ4v) is 4.78. The lowest BCUT2D eigenvalue weighted by atomic mass is 9.52. The molecule has 0 amide bonds. The van der Waals surface area contributed by atoms with E-state index in [0.717, 1.165) is 0 Å². The van der Waals surface area contributed by atoms with E-state index in [1.165, 1.54) is 27.6 Å². The second-order valence-corrected chi connectivity index (χ2v) is 13.0. The summed E-state index contributed by atoms with van der Waals surface area (Å²) in [4.78, 5) is 2.46. The number of anilines is 2. The zero-order valence-corrected chi connectivity index (χ0v) is 16.7. The standard InChI is InChI=1S/C23H24BNSi/c1-26(2,3)22-14-15-23-19(18-22)16-17-24(20-10-6-4-7-11-20)25(23)21-12-8-5-9-13-21/h4-18H,1-3H3. The summed E-state index contributed by atoms with van der Waals surface area (Å²) >= 11 is 0. The summed E-state index contributed by atoms with van der Waals surface area (Å²) in [6, 6.07) is 28.5. The van der Waals surface area contributed by atoms with Crippen LogP contribution in [-0.2, 0) is 0 Å². The second-order valence-electron chi connectivity index (χ2n) is 7.94. The van der Waals surface area contributed by atoms with Gasteiger partial charge in [0.2, 0.25) is 0 Å². The average molecular weight is 353 g/mol. The third-order valence-corrected chi connectivity index (χ3v) is 7.11. The van der Waals surface area contributed by atoms with E-state index in [9.17, 15) is 0 Å². The predicted molar refractivity (Wildman–Crippen MR) is 119 cm³/mol. The molecule has 0 spiro atoms. The molecule has 3 aromatic rings. The van der Waals surface area contributed by atoms with Crippen molar-refractivity contribution in [3.8, 4) is 0 Å². The van der Waals surface area contributed by atoms with E-state index >= 15 is 0 Å². The summed E-state index contributed by atoms with van der Waals surface area (Å²) < 4.78 is 0. The maximum atomic E-state index is 2.46. The minimum absolute atomic E-state index is 0.212. The zero-order chi connectivity index (χ0) is 18.1. The maximum absolute atomic E-state index is 2.46. The molecular weight excluding hydrogens is 329 g/mol. The van der Waals surface area contributed by atoms with Gasteiger partial charge in [-0.15, -0.1) is 0 Å². The van der Waals surface area contributed by atoms with Crippen LogP contribution in [0.2, 0.25) is 19.6 Å². The lowest BCUT2D eigenvalue weighted by Gasteiger charge is -2.35. The first-order valence-corrected chi connectivity index (χ1v) is 12.8. The van der Waals surface area contributed by atoms with E-state index in [1.54, 1.807) is 0 Å². The van der Waals surface area contributed by atoms with Gasteiger partial charge in [-0.1, -0.05) is 103 Å². The number of nitrogens with zero attached hydrogens (tertiary/aromatic N) is 1. The van der Waals surface area contributed by atoms with E-state index in [1.807, 2.05) is 0 Å². The third-order valence-electron chi connectivity index (χ3n) is 5.06. The maximum Gasteiger partial charge on any atom is 0.320 e. The third kappa shape index (κ3) is 3.15. The SMILES string of the molecule is C[Si](C)(C)c1ccc2c(c1)C=CB(c1ccccc1)N2c1ccccc1. The fraction of sp³-hybridized carbons (Fsp3) is 0.130. The van der Waals surface area contributed by atoms with Crippen LogP contribution in [-0.4, -0.2) is 14.9 Å². The van der Waals surface area contributed by atoms with Gasteiger partial charge < -0.3 is 4.81 Å². The van der Waals surface area contributed by atoms with Gasteiger partial charge in [0, 0.05) is 11.4 Å². The molecule has 0 radical (unpaired) electrons. The monoisotopic (exact) mass is 353 g/mol. The lowest BCUT2D eigenvalue weighted by Crippen LogP contribution is -2.46. The number of para-hydroxylation sites is 1. The topological polar surface area (TPSA) is 3.24 Å². The smallest absolute Gasteiger partial charge is 0.320 e. The largest absolute Gasteiger partial charge is 0.377 e. The number of fused-ring (bicyclic) bond motifs is 1. The Morgan fingerprint density at radius 3 is 2.08 bits per heavy atom. The predicted octanol–water partition coefficient (Wildman–Crippen LogP) is 4.83. The Balaban J connectivity index is 1.87. The van der Waals surface area contributed by atoms with Crippen LogP contribution in [0.1, 0.15) is 5.56 Å². The molecule has 3 heteroatoms. The molecule has 0 aromatic heterocycles. The van der Waals surface area contributed by atoms with Gasteiger partial charge in [0.15, 0.2) is 0 Å². The van der Waals surface area contributed by atoms with Gasteiger partial charge >= 0.3 is 6.85 Å². The van der Waals surface area contributed by atoms with E-state index in [0.29, 0.717) is 0 Å². The normalized spacial score (nSPS) is 13.7. The molecule has 3 aromatic carbocycles. The minimum atomic E-state index is -1.33. The molecular formula is C23H24BNSi. The number of hydrogen-bond acceptors (Lipinski definition) is 1. The van der Waals surface area contributed by atoms with Gasteiger partial charge in [0.1, 0.15) is 0 Å². The quantitative estimate of drug-likeness (QED) is 0.610. The fourth-order valence-electron chi connectivity index (χ4n) is 3.60. The molecule has 0 N–H and O–H groups in total. The molecule has 26 heavy (non-hydrogen) atoms. The van der Waals surface area contributed by atoms with Crippen molar-refractivity contribution in [1.29, 1.82) is 0 Å². The summed E-state index contributed by atoms with van der Waals surface area (Å²) in [6.45, 7) is 7.43. The summed E-state index contributed by atoms with van der Waals surface area (Å²) in [5.74, 6) is 2.33. The van der Waals surface area contributed by atoms with Gasteiger partial charge in [-0.05, 0) is 23.8 Å². The van der Waals surface area contributed by atoms with Crippen molar-refractivity contribution in [3.05, 3.63) is 90.4 Å². The molecule has 128 valence electrons. The molecule has 4 rings (SSSR count). The molecule has 0 unspecified atom stereocenters. The molecule has 0 saturated heterocycles. The van der Waals surface area contributed by atoms with Gasteiger partial charge in [-0.25, -0.2) is 0 Å². The van der Waals surface area contributed by atoms with Gasteiger partial charge in [-0.3, -0.25) is 0 Å². The summed E-state index contributed by atoms with van der Waals surface area (Å²) in [5.41, 5.74) is 5.15. The Kier molecular flexibility index (Phi) is 4.33. The Morgan fingerprint density at radius 2 is 1.42 bits per heavy atom. The van der Waals surface area contributed by atoms with Crippen LogP contribution >= 0.6 is 0 Å².